The number of aliphatic hydroxyl groups is 2. The first-order valence-electron chi connectivity index (χ1n) is 13.3. The molecule has 0 unspecified atom stereocenters. The largest absolute Gasteiger partial charge is 0.393 e. The number of Topliss-reactive ketones (excluding diaryl/α,β-unsaturated/α-hetero) is 1. The van der Waals surface area contributed by atoms with Crippen molar-refractivity contribution in [1.82, 2.24) is 5.01 Å². The Labute approximate surface area is 258 Å². The van der Waals surface area contributed by atoms with Crippen molar-refractivity contribution in [2.45, 2.75) is 58.2 Å². The van der Waals surface area contributed by atoms with Crippen LogP contribution in [-0.2, 0) is 48.9 Å². The SMILES string of the molecule is CN(C)/N=C1\C[C@@]2(C)[C@@H](CC[C@]2(O)C(=O)CO)[C@@H]2CCC3=C/C(=N/OCc4[c-]cccc4)C=C[C@]3(C)[C@@H]12.[CH3-].[Y]. The van der Waals surface area contributed by atoms with Crippen LogP contribution in [0.15, 0.2) is 58.3 Å². The average molecular weight is 609 g/mol. The molecule has 8 heteroatoms. The molecule has 1 radical (unpaired) electrons. The van der Waals surface area contributed by atoms with Gasteiger partial charge in [-0.05, 0) is 56.1 Å². The van der Waals surface area contributed by atoms with Gasteiger partial charge in [0.05, 0.1) is 0 Å². The zero-order valence-electron chi connectivity index (χ0n) is 23.9. The Bertz CT molecular complexity index is 1180. The number of hydrazone groups is 1. The summed E-state index contributed by atoms with van der Waals surface area (Å²) in [6.45, 7) is 4.07. The molecule has 1 aromatic rings. The number of oxime groups is 1. The van der Waals surface area contributed by atoms with Crippen molar-refractivity contribution in [3.05, 3.63) is 67.1 Å². The second-order valence-corrected chi connectivity index (χ2v) is 11.8. The summed E-state index contributed by atoms with van der Waals surface area (Å²) < 4.78 is 0. The Kier molecular flexibility index (Phi) is 9.85. The topological polar surface area (TPSA) is 94.7 Å². The molecular weight excluding hydrogens is 567 g/mol. The van der Waals surface area contributed by atoms with Crippen LogP contribution in [0, 0.1) is 42.1 Å². The number of hydrogen-bond acceptors (Lipinski definition) is 7. The number of ketones is 1. The first-order chi connectivity index (χ1) is 17.6. The molecule has 6 atom stereocenters. The Morgan fingerprint density at radius 1 is 1.26 bits per heavy atom. The maximum Gasteiger partial charge on any atom is 0.190 e. The third-order valence-corrected chi connectivity index (χ3v) is 9.54. The van der Waals surface area contributed by atoms with E-state index in [9.17, 15) is 15.0 Å². The number of carbonyl (C=O) groups excluding carboxylic acids is 1. The molecule has 4 aliphatic carbocycles. The van der Waals surface area contributed by atoms with Gasteiger partial charge < -0.3 is 27.5 Å². The van der Waals surface area contributed by atoms with Gasteiger partial charge in [0.15, 0.2) is 5.78 Å². The molecule has 7 nitrogen and oxygen atoms in total. The van der Waals surface area contributed by atoms with Gasteiger partial charge >= 0.3 is 0 Å². The summed E-state index contributed by atoms with van der Waals surface area (Å²) in [5, 5.41) is 32.5. The van der Waals surface area contributed by atoms with Crippen molar-refractivity contribution < 1.29 is 52.6 Å². The quantitative estimate of drug-likeness (QED) is 0.370. The van der Waals surface area contributed by atoms with Crippen LogP contribution in [0.4, 0.5) is 0 Å². The van der Waals surface area contributed by atoms with Crippen LogP contribution >= 0.6 is 0 Å². The Hall–Kier alpha value is -1.67. The van der Waals surface area contributed by atoms with Crippen LogP contribution in [0.1, 0.15) is 51.5 Å². The number of benzene rings is 1. The van der Waals surface area contributed by atoms with Crippen LogP contribution in [0.3, 0.4) is 0 Å². The van der Waals surface area contributed by atoms with Crippen molar-refractivity contribution in [2.24, 2.45) is 38.8 Å². The predicted molar refractivity (Wildman–Crippen MR) is 149 cm³/mol. The van der Waals surface area contributed by atoms with E-state index >= 15 is 0 Å². The maximum absolute atomic E-state index is 12.8. The molecule has 0 spiro atoms. The molecule has 1 aromatic carbocycles. The zero-order valence-corrected chi connectivity index (χ0v) is 26.7. The fourth-order valence-corrected chi connectivity index (χ4v) is 7.77. The Balaban J connectivity index is 0.00000210. The minimum atomic E-state index is -1.52. The standard InChI is InChI=1S/C30H38N3O4.CH3.Y/c1-28-14-12-22(32-37-19-20-8-6-5-7-9-20)16-21(28)10-11-23-24-13-15-30(36,26(35)18-34)29(24,2)17-25(27(23)28)31-33(3)4;;/h5-8,12,14,16,23-24,27,34,36H,10-11,13,15,17-19H2,1-4H3;1H3;/q2*-1;/b31-25+,32-22+;;/t23-,24-,27+,28-,29-,30-;;/m0../s1. The number of allylic oxidation sites excluding steroid dienone is 4. The summed E-state index contributed by atoms with van der Waals surface area (Å²) in [6.07, 6.45) is 10.1. The number of carbonyl (C=O) groups is 1. The normalized spacial score (nSPS) is 36.6. The van der Waals surface area contributed by atoms with Gasteiger partial charge in [0.25, 0.3) is 0 Å². The second kappa shape index (κ2) is 12.1. The van der Waals surface area contributed by atoms with Gasteiger partial charge in [-0.15, -0.1) is 5.56 Å². The third kappa shape index (κ3) is 5.37. The summed E-state index contributed by atoms with van der Waals surface area (Å²) in [4.78, 5) is 18.4. The van der Waals surface area contributed by atoms with Gasteiger partial charge in [-0.2, -0.15) is 35.4 Å². The second-order valence-electron chi connectivity index (χ2n) is 11.8. The molecule has 0 aliphatic heterocycles. The van der Waals surface area contributed by atoms with Crippen LogP contribution in [-0.4, -0.2) is 58.7 Å². The number of aliphatic hydroxyl groups excluding tert-OH is 1. The molecule has 3 fully saturated rings. The predicted octanol–water partition coefficient (Wildman–Crippen LogP) is 4.37. The number of rotatable bonds is 6. The molecular formula is C31H41N3O4Y-2. The van der Waals surface area contributed by atoms with Crippen molar-refractivity contribution >= 4 is 17.2 Å². The van der Waals surface area contributed by atoms with Crippen molar-refractivity contribution in [2.75, 3.05) is 20.7 Å². The summed E-state index contributed by atoms with van der Waals surface area (Å²) in [5.74, 6) is 0.172. The van der Waals surface area contributed by atoms with Crippen LogP contribution < -0.4 is 0 Å². The molecule has 0 aromatic heterocycles. The Morgan fingerprint density at radius 3 is 2.69 bits per heavy atom. The monoisotopic (exact) mass is 608 g/mol. The van der Waals surface area contributed by atoms with E-state index in [1.54, 1.807) is 0 Å². The van der Waals surface area contributed by atoms with E-state index in [4.69, 9.17) is 9.94 Å². The van der Waals surface area contributed by atoms with E-state index in [0.29, 0.717) is 19.4 Å². The van der Waals surface area contributed by atoms with Gasteiger partial charge in [0.1, 0.15) is 24.5 Å². The maximum atomic E-state index is 12.8. The smallest absolute Gasteiger partial charge is 0.190 e. The molecule has 39 heavy (non-hydrogen) atoms. The molecule has 5 rings (SSSR count). The van der Waals surface area contributed by atoms with Gasteiger partial charge in [0.2, 0.25) is 0 Å². The molecule has 2 N–H and O–H groups in total. The average Bonchev–Trinajstić information content (AvgIpc) is 3.14. The minimum absolute atomic E-state index is 0. The fraction of sp³-hybridized carbons (Fsp3) is 0.548. The van der Waals surface area contributed by atoms with Crippen molar-refractivity contribution in [3.63, 3.8) is 0 Å². The van der Waals surface area contributed by atoms with Gasteiger partial charge in [-0.3, -0.25) is 4.79 Å². The van der Waals surface area contributed by atoms with Crippen molar-refractivity contribution in [3.8, 4) is 0 Å². The van der Waals surface area contributed by atoms with Gasteiger partial charge in [0, 0.05) is 69.3 Å². The first-order valence-corrected chi connectivity index (χ1v) is 13.3. The number of hydrogen-bond donors (Lipinski definition) is 2. The summed E-state index contributed by atoms with van der Waals surface area (Å²) >= 11 is 0. The Morgan fingerprint density at radius 2 is 2.03 bits per heavy atom. The zero-order chi connectivity index (χ0) is 26.4. The minimum Gasteiger partial charge on any atom is -0.393 e. The first kappa shape index (κ1) is 31.9. The van der Waals surface area contributed by atoms with E-state index in [0.717, 1.165) is 36.2 Å². The summed E-state index contributed by atoms with van der Waals surface area (Å²) in [5.41, 5.74) is 1.71. The molecule has 0 bridgehead atoms. The molecule has 209 valence electrons. The van der Waals surface area contributed by atoms with E-state index in [1.165, 1.54) is 5.57 Å². The van der Waals surface area contributed by atoms with Gasteiger partial charge in [-0.1, -0.05) is 30.7 Å². The van der Waals surface area contributed by atoms with Crippen LogP contribution in [0.2, 0.25) is 0 Å². The fourth-order valence-electron chi connectivity index (χ4n) is 7.77. The molecule has 0 heterocycles. The van der Waals surface area contributed by atoms with E-state index in [-0.39, 0.29) is 63.3 Å². The molecule has 4 aliphatic rings. The molecule has 3 saturated carbocycles. The number of nitrogens with zero attached hydrogens (tertiary/aromatic N) is 3. The molecule has 0 amide bonds. The summed E-state index contributed by atoms with van der Waals surface area (Å²) in [6, 6.07) is 10.9. The van der Waals surface area contributed by atoms with E-state index in [2.05, 4.69) is 30.3 Å². The van der Waals surface area contributed by atoms with Crippen molar-refractivity contribution in [1.29, 1.82) is 0 Å². The van der Waals surface area contributed by atoms with Gasteiger partial charge in [-0.25, -0.2) is 0 Å². The number of fused-ring (bicyclic) bond motifs is 5. The van der Waals surface area contributed by atoms with E-state index in [1.807, 2.05) is 56.4 Å². The molecule has 0 saturated heterocycles. The van der Waals surface area contributed by atoms with Crippen LogP contribution in [0.25, 0.3) is 0 Å². The van der Waals surface area contributed by atoms with E-state index < -0.39 is 23.4 Å². The third-order valence-electron chi connectivity index (χ3n) is 9.54. The van der Waals surface area contributed by atoms with Crippen LogP contribution in [0.5, 0.6) is 0 Å². The summed E-state index contributed by atoms with van der Waals surface area (Å²) in [7, 11) is 3.84.